The van der Waals surface area contributed by atoms with Crippen molar-refractivity contribution in [2.75, 3.05) is 26.9 Å². The Morgan fingerprint density at radius 2 is 2.00 bits per heavy atom. The Morgan fingerprint density at radius 1 is 1.25 bits per heavy atom. The molecule has 0 radical (unpaired) electrons. The maximum atomic E-state index is 12.6. The van der Waals surface area contributed by atoms with Gasteiger partial charge in [-0.15, -0.1) is 0 Å². The first kappa shape index (κ1) is 14.8. The van der Waals surface area contributed by atoms with Gasteiger partial charge in [0.2, 0.25) is 0 Å². The molecule has 8 heteroatoms. The second-order valence-corrected chi connectivity index (χ2v) is 5.91. The van der Waals surface area contributed by atoms with Crippen LogP contribution in [0.2, 0.25) is 0 Å². The van der Waals surface area contributed by atoms with Gasteiger partial charge in [-0.2, -0.15) is 0 Å². The van der Waals surface area contributed by atoms with E-state index in [1.807, 2.05) is 0 Å². The molecule has 1 saturated heterocycles. The first-order valence-electron chi connectivity index (χ1n) is 7.73. The molecule has 126 valence electrons. The van der Waals surface area contributed by atoms with Crippen LogP contribution in [0.15, 0.2) is 12.1 Å². The number of nitrogens with zero attached hydrogens (tertiary/aromatic N) is 2. The van der Waals surface area contributed by atoms with Crippen molar-refractivity contribution < 1.29 is 28.6 Å². The van der Waals surface area contributed by atoms with Gasteiger partial charge in [-0.25, -0.2) is 0 Å². The van der Waals surface area contributed by atoms with Crippen LogP contribution in [0.3, 0.4) is 0 Å². The zero-order chi connectivity index (χ0) is 16.8. The standard InChI is InChI=1S/C16H16N2O6/c1-22-14(19)7-17-8-23-11-5-10-12(6-9(11)15(17)20)24-13-3-2-4-18(13)16(10)21/h5-6,13H,2-4,7-8H2,1H3. The molecule has 24 heavy (non-hydrogen) atoms. The highest BCUT2D eigenvalue weighted by molar-refractivity contribution is 6.04. The first-order chi connectivity index (χ1) is 11.6. The Bertz CT molecular complexity index is 746. The summed E-state index contributed by atoms with van der Waals surface area (Å²) in [6, 6.07) is 3.08. The minimum Gasteiger partial charge on any atom is -0.472 e. The van der Waals surface area contributed by atoms with Crippen molar-refractivity contribution in [3.05, 3.63) is 23.3 Å². The van der Waals surface area contributed by atoms with E-state index in [9.17, 15) is 14.4 Å². The summed E-state index contributed by atoms with van der Waals surface area (Å²) in [5.41, 5.74) is 0.685. The molecule has 1 atom stereocenters. The van der Waals surface area contributed by atoms with Gasteiger partial charge in [-0.05, 0) is 18.6 Å². The molecule has 1 aromatic rings. The molecule has 2 amide bonds. The van der Waals surface area contributed by atoms with Gasteiger partial charge in [0.05, 0.1) is 18.2 Å². The van der Waals surface area contributed by atoms with E-state index >= 15 is 0 Å². The number of amides is 2. The number of methoxy groups -OCH3 is 1. The molecule has 0 aromatic heterocycles. The molecule has 1 fully saturated rings. The van der Waals surface area contributed by atoms with E-state index in [0.29, 0.717) is 23.6 Å². The van der Waals surface area contributed by atoms with Gasteiger partial charge < -0.3 is 19.1 Å². The second kappa shape index (κ2) is 5.40. The van der Waals surface area contributed by atoms with E-state index in [1.165, 1.54) is 18.1 Å². The summed E-state index contributed by atoms with van der Waals surface area (Å²) in [5.74, 6) is -0.265. The van der Waals surface area contributed by atoms with Crippen LogP contribution in [0.4, 0.5) is 0 Å². The van der Waals surface area contributed by atoms with Crippen LogP contribution in [0.25, 0.3) is 0 Å². The van der Waals surface area contributed by atoms with Crippen molar-refractivity contribution in [2.24, 2.45) is 0 Å². The lowest BCUT2D eigenvalue weighted by atomic mass is 10.0. The molecular formula is C16H16N2O6. The Hall–Kier alpha value is -2.77. The molecule has 0 saturated carbocycles. The van der Waals surface area contributed by atoms with E-state index < -0.39 is 5.97 Å². The molecular weight excluding hydrogens is 316 g/mol. The molecule has 1 unspecified atom stereocenters. The number of rotatable bonds is 2. The number of fused-ring (bicyclic) bond motifs is 3. The van der Waals surface area contributed by atoms with E-state index in [2.05, 4.69) is 4.74 Å². The third-order valence-electron chi connectivity index (χ3n) is 4.47. The van der Waals surface area contributed by atoms with Gasteiger partial charge in [0.1, 0.15) is 18.0 Å². The summed E-state index contributed by atoms with van der Waals surface area (Å²) in [7, 11) is 1.26. The number of hydrogen-bond acceptors (Lipinski definition) is 6. The van der Waals surface area contributed by atoms with Crippen LogP contribution in [-0.2, 0) is 9.53 Å². The van der Waals surface area contributed by atoms with Crippen LogP contribution < -0.4 is 9.47 Å². The smallest absolute Gasteiger partial charge is 0.325 e. The molecule has 1 aromatic carbocycles. The number of carbonyl (C=O) groups is 3. The third-order valence-corrected chi connectivity index (χ3v) is 4.47. The van der Waals surface area contributed by atoms with Crippen LogP contribution in [0.1, 0.15) is 33.6 Å². The van der Waals surface area contributed by atoms with Gasteiger partial charge in [0.25, 0.3) is 11.8 Å². The quantitative estimate of drug-likeness (QED) is 0.738. The monoisotopic (exact) mass is 332 g/mol. The zero-order valence-electron chi connectivity index (χ0n) is 13.1. The van der Waals surface area contributed by atoms with E-state index in [1.54, 1.807) is 11.0 Å². The normalized spacial score (nSPS) is 21.5. The lowest BCUT2D eigenvalue weighted by Gasteiger charge is -2.34. The average Bonchev–Trinajstić information content (AvgIpc) is 3.05. The summed E-state index contributed by atoms with van der Waals surface area (Å²) < 4.78 is 16.0. The summed E-state index contributed by atoms with van der Waals surface area (Å²) in [5, 5.41) is 0. The molecule has 4 rings (SSSR count). The van der Waals surface area contributed by atoms with Gasteiger partial charge in [0, 0.05) is 13.0 Å². The lowest BCUT2D eigenvalue weighted by molar-refractivity contribution is -0.142. The van der Waals surface area contributed by atoms with Crippen LogP contribution >= 0.6 is 0 Å². The van der Waals surface area contributed by atoms with E-state index in [4.69, 9.17) is 9.47 Å². The van der Waals surface area contributed by atoms with Gasteiger partial charge in [0.15, 0.2) is 13.0 Å². The van der Waals surface area contributed by atoms with E-state index in [-0.39, 0.29) is 36.9 Å². The molecule has 3 heterocycles. The van der Waals surface area contributed by atoms with Crippen molar-refractivity contribution in [2.45, 2.75) is 19.1 Å². The third kappa shape index (κ3) is 2.17. The van der Waals surface area contributed by atoms with Gasteiger partial charge in [-0.1, -0.05) is 0 Å². The predicted octanol–water partition coefficient (Wildman–Crippen LogP) is 0.606. The lowest BCUT2D eigenvalue weighted by Crippen LogP contribution is -2.44. The number of esters is 1. The fourth-order valence-corrected chi connectivity index (χ4v) is 3.22. The van der Waals surface area contributed by atoms with Crippen LogP contribution in [0.5, 0.6) is 11.5 Å². The van der Waals surface area contributed by atoms with Gasteiger partial charge >= 0.3 is 5.97 Å². The first-order valence-corrected chi connectivity index (χ1v) is 7.73. The van der Waals surface area contributed by atoms with Crippen molar-refractivity contribution in [3.8, 4) is 11.5 Å². The number of hydrogen-bond donors (Lipinski definition) is 0. The topological polar surface area (TPSA) is 85.4 Å². The molecule has 0 N–H and O–H groups in total. The minimum atomic E-state index is -0.526. The van der Waals surface area contributed by atoms with Gasteiger partial charge in [-0.3, -0.25) is 19.3 Å². The molecule has 0 spiro atoms. The van der Waals surface area contributed by atoms with Crippen molar-refractivity contribution in [1.82, 2.24) is 9.80 Å². The summed E-state index contributed by atoms with van der Waals surface area (Å²) in [6.07, 6.45) is 1.40. The zero-order valence-corrected chi connectivity index (χ0v) is 13.1. The molecule has 3 aliphatic heterocycles. The highest BCUT2D eigenvalue weighted by Crippen LogP contribution is 2.38. The summed E-state index contributed by atoms with van der Waals surface area (Å²) >= 11 is 0. The van der Waals surface area contributed by atoms with Crippen molar-refractivity contribution >= 4 is 17.8 Å². The summed E-state index contributed by atoms with van der Waals surface area (Å²) in [4.78, 5) is 39.4. The summed E-state index contributed by atoms with van der Waals surface area (Å²) in [6.45, 7) is 0.413. The molecule has 0 aliphatic carbocycles. The molecule has 3 aliphatic rings. The minimum absolute atomic E-state index is 0.0683. The van der Waals surface area contributed by atoms with Crippen LogP contribution in [-0.4, -0.2) is 60.7 Å². The Kier molecular flexibility index (Phi) is 3.33. The Labute approximate surface area is 137 Å². The molecule has 0 bridgehead atoms. The largest absolute Gasteiger partial charge is 0.472 e. The fraction of sp³-hybridized carbons (Fsp3) is 0.438. The maximum absolute atomic E-state index is 12.6. The average molecular weight is 332 g/mol. The molecule has 8 nitrogen and oxygen atoms in total. The second-order valence-electron chi connectivity index (χ2n) is 5.91. The van der Waals surface area contributed by atoms with Crippen molar-refractivity contribution in [1.29, 1.82) is 0 Å². The fourth-order valence-electron chi connectivity index (χ4n) is 3.22. The number of benzene rings is 1. The van der Waals surface area contributed by atoms with Crippen molar-refractivity contribution in [3.63, 3.8) is 0 Å². The predicted molar refractivity (Wildman–Crippen MR) is 79.7 cm³/mol. The maximum Gasteiger partial charge on any atom is 0.325 e. The van der Waals surface area contributed by atoms with E-state index in [0.717, 1.165) is 12.8 Å². The SMILES string of the molecule is COC(=O)CN1COc2cc3c(cc2C1=O)OC1CCCN1C3=O. The highest BCUT2D eigenvalue weighted by atomic mass is 16.5. The highest BCUT2D eigenvalue weighted by Gasteiger charge is 2.39. The Morgan fingerprint density at radius 3 is 2.79 bits per heavy atom. The Balaban J connectivity index is 1.67. The number of ether oxygens (including phenoxy) is 3. The number of carbonyl (C=O) groups excluding carboxylic acids is 3. The van der Waals surface area contributed by atoms with Crippen LogP contribution in [0, 0.1) is 0 Å².